The lowest BCUT2D eigenvalue weighted by Gasteiger charge is -2.29. The predicted molar refractivity (Wildman–Crippen MR) is 116 cm³/mol. The van der Waals surface area contributed by atoms with Crippen molar-refractivity contribution in [3.8, 4) is 0 Å². The van der Waals surface area contributed by atoms with Crippen molar-refractivity contribution in [1.82, 2.24) is 15.5 Å². The second-order valence-corrected chi connectivity index (χ2v) is 7.69. The lowest BCUT2D eigenvalue weighted by molar-refractivity contribution is -0.136. The topological polar surface area (TPSA) is 132 Å². The number of hydrogen-bond donors (Lipinski definition) is 3. The summed E-state index contributed by atoms with van der Waals surface area (Å²) in [5.74, 6) is -0.837. The van der Waals surface area contributed by atoms with Crippen molar-refractivity contribution in [2.75, 3.05) is 52.7 Å². The summed E-state index contributed by atoms with van der Waals surface area (Å²) in [6.45, 7) is 5.38. The van der Waals surface area contributed by atoms with Crippen LogP contribution in [-0.4, -0.2) is 81.4 Å². The molecule has 2 heterocycles. The van der Waals surface area contributed by atoms with Crippen LogP contribution in [0.4, 0.5) is 0 Å². The van der Waals surface area contributed by atoms with Gasteiger partial charge in [-0.2, -0.15) is 0 Å². The highest BCUT2D eigenvalue weighted by atomic mass is 16.5. The molecule has 1 atom stereocenters. The molecule has 0 radical (unpaired) electrons. The van der Waals surface area contributed by atoms with E-state index in [0.29, 0.717) is 77.8 Å². The standard InChI is InChI=1S/C22H32N4O6/c23-5-7-30-9-11-32-12-10-31-8-6-24-14-16-1-2-17-15-26(22(29)18(17)13-16)19-3-4-20(27)25-21(19)28/h1-2,13,19,24H,3-12,14-15,23H2,(H,25,27,28). The molecule has 1 aromatic carbocycles. The second-order valence-electron chi connectivity index (χ2n) is 7.69. The molecule has 3 rings (SSSR count). The summed E-state index contributed by atoms with van der Waals surface area (Å²) < 4.78 is 16.1. The molecule has 0 spiro atoms. The third-order valence-electron chi connectivity index (χ3n) is 5.35. The number of benzene rings is 1. The first-order valence-corrected chi connectivity index (χ1v) is 11.0. The van der Waals surface area contributed by atoms with E-state index in [4.69, 9.17) is 19.9 Å². The molecule has 0 saturated carbocycles. The molecule has 10 heteroatoms. The molecule has 1 aromatic rings. The van der Waals surface area contributed by atoms with Gasteiger partial charge in [-0.15, -0.1) is 0 Å². The molecule has 1 saturated heterocycles. The molecule has 2 aliphatic heterocycles. The Balaban J connectivity index is 1.33. The number of nitrogens with two attached hydrogens (primary N) is 1. The zero-order valence-electron chi connectivity index (χ0n) is 18.3. The van der Waals surface area contributed by atoms with Gasteiger partial charge in [0.25, 0.3) is 5.91 Å². The highest BCUT2D eigenvalue weighted by Gasteiger charge is 2.39. The molecular formula is C22H32N4O6. The van der Waals surface area contributed by atoms with Gasteiger partial charge in [0.2, 0.25) is 11.8 Å². The van der Waals surface area contributed by atoms with E-state index in [1.165, 1.54) is 0 Å². The Morgan fingerprint density at radius 2 is 1.75 bits per heavy atom. The summed E-state index contributed by atoms with van der Waals surface area (Å²) in [5.41, 5.74) is 7.84. The van der Waals surface area contributed by atoms with Crippen molar-refractivity contribution >= 4 is 17.7 Å². The number of hydrogen-bond acceptors (Lipinski definition) is 8. The maximum Gasteiger partial charge on any atom is 0.255 e. The molecule has 176 valence electrons. The number of imide groups is 1. The summed E-state index contributed by atoms with van der Waals surface area (Å²) in [5, 5.41) is 5.62. The van der Waals surface area contributed by atoms with Crippen LogP contribution in [0.2, 0.25) is 0 Å². The average molecular weight is 449 g/mol. The van der Waals surface area contributed by atoms with E-state index in [1.807, 2.05) is 18.2 Å². The van der Waals surface area contributed by atoms with Crippen molar-refractivity contribution in [3.63, 3.8) is 0 Å². The lowest BCUT2D eigenvalue weighted by Crippen LogP contribution is -2.52. The summed E-state index contributed by atoms with van der Waals surface area (Å²) in [4.78, 5) is 37.9. The van der Waals surface area contributed by atoms with E-state index < -0.39 is 11.9 Å². The molecule has 1 fully saturated rings. The summed E-state index contributed by atoms with van der Waals surface area (Å²) >= 11 is 0. The van der Waals surface area contributed by atoms with Crippen LogP contribution >= 0.6 is 0 Å². The first-order chi connectivity index (χ1) is 15.6. The Labute approximate surface area is 187 Å². The van der Waals surface area contributed by atoms with Gasteiger partial charge in [-0.3, -0.25) is 19.7 Å². The number of ether oxygens (including phenoxy) is 3. The van der Waals surface area contributed by atoms with Gasteiger partial charge < -0.3 is 30.2 Å². The third-order valence-corrected chi connectivity index (χ3v) is 5.35. The van der Waals surface area contributed by atoms with E-state index >= 15 is 0 Å². The summed E-state index contributed by atoms with van der Waals surface area (Å²) in [6, 6.07) is 5.20. The van der Waals surface area contributed by atoms with Gasteiger partial charge >= 0.3 is 0 Å². The monoisotopic (exact) mass is 448 g/mol. The van der Waals surface area contributed by atoms with Gasteiger partial charge in [0.1, 0.15) is 6.04 Å². The highest BCUT2D eigenvalue weighted by Crippen LogP contribution is 2.28. The van der Waals surface area contributed by atoms with Crippen molar-refractivity contribution in [3.05, 3.63) is 34.9 Å². The van der Waals surface area contributed by atoms with Crippen molar-refractivity contribution in [1.29, 1.82) is 0 Å². The molecular weight excluding hydrogens is 416 g/mol. The molecule has 3 amide bonds. The van der Waals surface area contributed by atoms with Gasteiger partial charge in [0, 0.05) is 38.2 Å². The van der Waals surface area contributed by atoms with E-state index in [9.17, 15) is 14.4 Å². The number of amides is 3. The Morgan fingerprint density at radius 1 is 1.03 bits per heavy atom. The minimum Gasteiger partial charge on any atom is -0.378 e. The second kappa shape index (κ2) is 12.6. The molecule has 1 unspecified atom stereocenters. The number of rotatable bonds is 14. The first kappa shape index (κ1) is 24.3. The fourth-order valence-corrected chi connectivity index (χ4v) is 3.71. The van der Waals surface area contributed by atoms with E-state index in [0.717, 1.165) is 11.1 Å². The molecule has 32 heavy (non-hydrogen) atoms. The predicted octanol–water partition coefficient (Wildman–Crippen LogP) is -0.454. The molecule has 0 aromatic heterocycles. The van der Waals surface area contributed by atoms with Gasteiger partial charge in [-0.25, -0.2) is 0 Å². The van der Waals surface area contributed by atoms with E-state index in [1.54, 1.807) is 4.90 Å². The van der Waals surface area contributed by atoms with Gasteiger partial charge in [-0.1, -0.05) is 12.1 Å². The zero-order chi connectivity index (χ0) is 22.8. The maximum atomic E-state index is 12.8. The van der Waals surface area contributed by atoms with Crippen LogP contribution in [0.25, 0.3) is 0 Å². The fourth-order valence-electron chi connectivity index (χ4n) is 3.71. The number of carbonyl (C=O) groups excluding carboxylic acids is 3. The van der Waals surface area contributed by atoms with Crippen molar-refractivity contribution in [2.24, 2.45) is 5.73 Å². The smallest absolute Gasteiger partial charge is 0.255 e. The number of fused-ring (bicyclic) bond motifs is 1. The number of nitrogens with one attached hydrogen (secondary N) is 2. The average Bonchev–Trinajstić information content (AvgIpc) is 3.10. The van der Waals surface area contributed by atoms with Crippen LogP contribution in [0.5, 0.6) is 0 Å². The maximum absolute atomic E-state index is 12.8. The minimum atomic E-state index is -0.589. The molecule has 0 aliphatic carbocycles. The van der Waals surface area contributed by atoms with Crippen LogP contribution in [0.1, 0.15) is 34.3 Å². The van der Waals surface area contributed by atoms with Crippen LogP contribution in [0, 0.1) is 0 Å². The lowest BCUT2D eigenvalue weighted by atomic mass is 10.0. The van der Waals surface area contributed by atoms with Gasteiger partial charge in [0.15, 0.2) is 0 Å². The fraction of sp³-hybridized carbons (Fsp3) is 0.591. The summed E-state index contributed by atoms with van der Waals surface area (Å²) in [7, 11) is 0. The minimum absolute atomic E-state index is 0.159. The Kier molecular flexibility index (Phi) is 9.57. The number of piperidine rings is 1. The van der Waals surface area contributed by atoms with Gasteiger partial charge in [0.05, 0.1) is 39.6 Å². The van der Waals surface area contributed by atoms with E-state index in [2.05, 4.69) is 10.6 Å². The molecule has 0 bridgehead atoms. The Bertz CT molecular complexity index is 803. The Morgan fingerprint density at radius 3 is 2.47 bits per heavy atom. The van der Waals surface area contributed by atoms with Crippen LogP contribution in [0.15, 0.2) is 18.2 Å². The van der Waals surface area contributed by atoms with E-state index in [-0.39, 0.29) is 18.2 Å². The zero-order valence-corrected chi connectivity index (χ0v) is 18.3. The number of nitrogens with zero attached hydrogens (tertiary/aromatic N) is 1. The largest absolute Gasteiger partial charge is 0.378 e. The Hall–Kier alpha value is -2.37. The van der Waals surface area contributed by atoms with Crippen LogP contribution in [0.3, 0.4) is 0 Å². The normalized spacial score (nSPS) is 18.2. The van der Waals surface area contributed by atoms with Crippen LogP contribution < -0.4 is 16.4 Å². The van der Waals surface area contributed by atoms with Crippen LogP contribution in [-0.2, 0) is 36.9 Å². The van der Waals surface area contributed by atoms with Gasteiger partial charge in [-0.05, 0) is 23.6 Å². The molecule has 2 aliphatic rings. The quantitative estimate of drug-likeness (QED) is 0.257. The molecule has 4 N–H and O–H groups in total. The third kappa shape index (κ3) is 6.81. The van der Waals surface area contributed by atoms with Crippen molar-refractivity contribution < 1.29 is 28.6 Å². The highest BCUT2D eigenvalue weighted by molar-refractivity contribution is 6.05. The SMILES string of the molecule is NCCOCCOCCOCCNCc1ccc2c(c1)C(=O)N(C1CCC(=O)NC1=O)C2. The number of carbonyl (C=O) groups is 3. The van der Waals surface area contributed by atoms with Crippen molar-refractivity contribution in [2.45, 2.75) is 32.0 Å². The summed E-state index contributed by atoms with van der Waals surface area (Å²) in [6.07, 6.45) is 0.620. The first-order valence-electron chi connectivity index (χ1n) is 11.0. The molecule has 10 nitrogen and oxygen atoms in total.